The van der Waals surface area contributed by atoms with Gasteiger partial charge in [0, 0.05) is 42.9 Å². The van der Waals surface area contributed by atoms with Crippen LogP contribution in [0.25, 0.3) is 10.9 Å². The van der Waals surface area contributed by atoms with E-state index >= 15 is 0 Å². The Morgan fingerprint density at radius 2 is 1.70 bits per heavy atom. The molecule has 0 unspecified atom stereocenters. The third kappa shape index (κ3) is 5.02. The Bertz CT molecular complexity index is 1680. The van der Waals surface area contributed by atoms with Gasteiger partial charge in [0.2, 0.25) is 0 Å². The molecule has 3 heterocycles. The van der Waals surface area contributed by atoms with E-state index in [2.05, 4.69) is 93.5 Å². The summed E-state index contributed by atoms with van der Waals surface area (Å²) in [5, 5.41) is 14.0. The lowest BCUT2D eigenvalue weighted by atomic mass is 10.0. The molecule has 0 aliphatic carbocycles. The molecule has 8 heteroatoms. The van der Waals surface area contributed by atoms with Crippen LogP contribution in [0.15, 0.2) is 77.6 Å². The standard InChI is InChI=1S/C32H35N7O/c1-4-24-13-14-28-26(19-24)20-27(32(40)33-28)30(31-34-35-36-39(31)21-25-10-6-5-7-11-25)38-17-15-37(16-18-38)29-12-8-9-22(2)23(29)3/h5-14,19-20,30H,4,15-18,21H2,1-3H3,(H,33,40)/t30-/m1/s1. The van der Waals surface area contributed by atoms with Gasteiger partial charge in [-0.3, -0.25) is 9.69 Å². The summed E-state index contributed by atoms with van der Waals surface area (Å²) in [4.78, 5) is 21.6. The number of benzene rings is 3. The van der Waals surface area contributed by atoms with Crippen LogP contribution in [0.1, 0.15) is 46.6 Å². The Hall–Kier alpha value is -4.30. The summed E-state index contributed by atoms with van der Waals surface area (Å²) in [6, 6.07) is 24.6. The second-order valence-corrected chi connectivity index (χ2v) is 10.7. The highest BCUT2D eigenvalue weighted by molar-refractivity contribution is 5.80. The van der Waals surface area contributed by atoms with E-state index in [1.165, 1.54) is 22.4 Å². The summed E-state index contributed by atoms with van der Waals surface area (Å²) in [5.41, 5.74) is 7.64. The van der Waals surface area contributed by atoms with E-state index in [1.807, 2.05) is 35.0 Å². The summed E-state index contributed by atoms with van der Waals surface area (Å²) in [6.45, 7) is 10.3. The second-order valence-electron chi connectivity index (χ2n) is 10.7. The average molecular weight is 534 g/mol. The number of aromatic nitrogens is 5. The molecule has 0 radical (unpaired) electrons. The largest absolute Gasteiger partial charge is 0.369 e. The van der Waals surface area contributed by atoms with Crippen molar-refractivity contribution in [2.24, 2.45) is 0 Å². The summed E-state index contributed by atoms with van der Waals surface area (Å²) in [6.07, 6.45) is 0.934. The molecule has 1 atom stereocenters. The Balaban J connectivity index is 1.39. The molecule has 0 amide bonds. The van der Waals surface area contributed by atoms with Crippen LogP contribution >= 0.6 is 0 Å². The Labute approximate surface area is 234 Å². The molecule has 3 aromatic carbocycles. The van der Waals surface area contributed by atoms with E-state index in [9.17, 15) is 4.79 Å². The van der Waals surface area contributed by atoms with Crippen molar-refractivity contribution in [3.63, 3.8) is 0 Å². The molecule has 5 aromatic rings. The van der Waals surface area contributed by atoms with Gasteiger partial charge in [-0.1, -0.05) is 55.5 Å². The average Bonchev–Trinajstić information content (AvgIpc) is 3.43. The second kappa shape index (κ2) is 11.1. The SMILES string of the molecule is CCc1ccc2[nH]c(=O)c([C@H](c3nnnn3Cc3ccccc3)N3CCN(c4cccc(C)c4C)CC3)cc2c1. The van der Waals surface area contributed by atoms with Crippen LogP contribution < -0.4 is 10.5 Å². The maximum atomic E-state index is 13.6. The highest BCUT2D eigenvalue weighted by Gasteiger charge is 2.33. The number of aryl methyl sites for hydroxylation is 2. The first-order valence-electron chi connectivity index (χ1n) is 14.0. The monoisotopic (exact) mass is 533 g/mol. The Morgan fingerprint density at radius 1 is 0.900 bits per heavy atom. The maximum absolute atomic E-state index is 13.6. The number of tetrazole rings is 1. The number of H-pyrrole nitrogens is 1. The molecule has 1 aliphatic rings. The quantitative estimate of drug-likeness (QED) is 0.328. The molecule has 1 saturated heterocycles. The molecule has 40 heavy (non-hydrogen) atoms. The van der Waals surface area contributed by atoms with E-state index in [-0.39, 0.29) is 11.6 Å². The van der Waals surface area contributed by atoms with E-state index in [0.717, 1.165) is 49.1 Å². The van der Waals surface area contributed by atoms with Crippen molar-refractivity contribution in [2.75, 3.05) is 31.1 Å². The van der Waals surface area contributed by atoms with Crippen LogP contribution in [0.4, 0.5) is 5.69 Å². The number of anilines is 1. The van der Waals surface area contributed by atoms with Gasteiger partial charge in [-0.15, -0.1) is 5.10 Å². The molecule has 1 aliphatic heterocycles. The van der Waals surface area contributed by atoms with Crippen LogP contribution in [0.3, 0.4) is 0 Å². The summed E-state index contributed by atoms with van der Waals surface area (Å²) >= 11 is 0. The highest BCUT2D eigenvalue weighted by Crippen LogP contribution is 2.30. The minimum atomic E-state index is -0.377. The van der Waals surface area contributed by atoms with Crippen molar-refractivity contribution in [2.45, 2.75) is 39.8 Å². The molecule has 1 N–H and O–H groups in total. The molecule has 8 nitrogen and oxygen atoms in total. The topological polar surface area (TPSA) is 82.9 Å². The number of hydrogen-bond acceptors (Lipinski definition) is 6. The lowest BCUT2D eigenvalue weighted by Crippen LogP contribution is -2.49. The van der Waals surface area contributed by atoms with Crippen molar-refractivity contribution >= 4 is 16.6 Å². The zero-order chi connectivity index (χ0) is 27.6. The van der Waals surface area contributed by atoms with Gasteiger partial charge in [-0.2, -0.15) is 0 Å². The number of aromatic amines is 1. The molecular formula is C32H35N7O. The van der Waals surface area contributed by atoms with Crippen molar-refractivity contribution in [3.8, 4) is 0 Å². The number of rotatable bonds is 7. The number of fused-ring (bicyclic) bond motifs is 1. The van der Waals surface area contributed by atoms with Crippen LogP contribution in [0.5, 0.6) is 0 Å². The number of pyridine rings is 1. The minimum Gasteiger partial charge on any atom is -0.369 e. The fourth-order valence-electron chi connectivity index (χ4n) is 5.77. The Kier molecular flexibility index (Phi) is 7.17. The minimum absolute atomic E-state index is 0.104. The first-order valence-corrected chi connectivity index (χ1v) is 14.0. The number of hydrogen-bond donors (Lipinski definition) is 1. The molecule has 1 fully saturated rings. The molecule has 204 valence electrons. The highest BCUT2D eigenvalue weighted by atomic mass is 16.1. The fraction of sp³-hybridized carbons (Fsp3) is 0.312. The smallest absolute Gasteiger partial charge is 0.253 e. The van der Waals surface area contributed by atoms with Crippen molar-refractivity contribution < 1.29 is 0 Å². The summed E-state index contributed by atoms with van der Waals surface area (Å²) < 4.78 is 1.84. The number of nitrogens with zero attached hydrogens (tertiary/aromatic N) is 6. The molecular weight excluding hydrogens is 498 g/mol. The van der Waals surface area contributed by atoms with Crippen molar-refractivity contribution in [3.05, 3.63) is 117 Å². The lowest BCUT2D eigenvalue weighted by molar-refractivity contribution is 0.200. The van der Waals surface area contributed by atoms with Crippen LogP contribution in [0, 0.1) is 13.8 Å². The van der Waals surface area contributed by atoms with Crippen LogP contribution in [-0.2, 0) is 13.0 Å². The van der Waals surface area contributed by atoms with E-state index < -0.39 is 0 Å². The first-order chi connectivity index (χ1) is 19.5. The van der Waals surface area contributed by atoms with Gasteiger partial charge in [0.05, 0.1) is 6.54 Å². The lowest BCUT2D eigenvalue weighted by Gasteiger charge is -2.40. The van der Waals surface area contributed by atoms with E-state index in [0.29, 0.717) is 17.9 Å². The molecule has 2 aromatic heterocycles. The van der Waals surface area contributed by atoms with Gasteiger partial charge in [-0.05, 0) is 82.6 Å². The molecule has 0 bridgehead atoms. The third-order valence-corrected chi connectivity index (χ3v) is 8.22. The Morgan fingerprint density at radius 3 is 2.48 bits per heavy atom. The number of piperazine rings is 1. The zero-order valence-corrected chi connectivity index (χ0v) is 23.3. The molecule has 0 spiro atoms. The first kappa shape index (κ1) is 26.0. The van der Waals surface area contributed by atoms with Crippen LogP contribution in [0.2, 0.25) is 0 Å². The maximum Gasteiger partial charge on any atom is 0.253 e. The number of nitrogens with one attached hydrogen (secondary N) is 1. The fourth-order valence-corrected chi connectivity index (χ4v) is 5.77. The van der Waals surface area contributed by atoms with Gasteiger partial charge >= 0.3 is 0 Å². The zero-order valence-electron chi connectivity index (χ0n) is 23.3. The van der Waals surface area contributed by atoms with Crippen molar-refractivity contribution in [1.29, 1.82) is 0 Å². The van der Waals surface area contributed by atoms with Gasteiger partial charge < -0.3 is 9.88 Å². The third-order valence-electron chi connectivity index (χ3n) is 8.22. The predicted octanol–water partition coefficient (Wildman–Crippen LogP) is 4.65. The van der Waals surface area contributed by atoms with E-state index in [4.69, 9.17) is 0 Å². The normalized spacial score (nSPS) is 15.0. The summed E-state index contributed by atoms with van der Waals surface area (Å²) in [7, 11) is 0. The van der Waals surface area contributed by atoms with Crippen LogP contribution in [-0.4, -0.2) is 56.3 Å². The van der Waals surface area contributed by atoms with Gasteiger partial charge in [0.1, 0.15) is 6.04 Å². The molecule has 0 saturated carbocycles. The van der Waals surface area contributed by atoms with Gasteiger partial charge in [-0.25, -0.2) is 4.68 Å². The van der Waals surface area contributed by atoms with Gasteiger partial charge in [0.15, 0.2) is 5.82 Å². The predicted molar refractivity (Wildman–Crippen MR) is 159 cm³/mol. The van der Waals surface area contributed by atoms with Crippen molar-refractivity contribution in [1.82, 2.24) is 30.1 Å². The van der Waals surface area contributed by atoms with E-state index in [1.54, 1.807) is 0 Å². The summed E-state index contributed by atoms with van der Waals surface area (Å²) in [5.74, 6) is 0.681. The molecule has 6 rings (SSSR count). The van der Waals surface area contributed by atoms with Gasteiger partial charge in [0.25, 0.3) is 5.56 Å².